The van der Waals surface area contributed by atoms with Crippen molar-refractivity contribution in [1.29, 1.82) is 0 Å². The van der Waals surface area contributed by atoms with Crippen molar-refractivity contribution >= 4 is 65.0 Å². The van der Waals surface area contributed by atoms with E-state index in [4.69, 9.17) is 19.4 Å². The molecule has 0 aliphatic carbocycles. The number of hydrogen-bond acceptors (Lipinski definition) is 4. The van der Waals surface area contributed by atoms with Crippen LogP contribution in [0.4, 0.5) is 0 Å². The highest BCUT2D eigenvalue weighted by Crippen LogP contribution is 2.49. The highest BCUT2D eigenvalue weighted by Gasteiger charge is 2.23. The molecule has 0 bridgehead atoms. The summed E-state index contributed by atoms with van der Waals surface area (Å²) in [5, 5.41) is 11.9. The summed E-state index contributed by atoms with van der Waals surface area (Å²) in [6.45, 7) is 0. The van der Waals surface area contributed by atoms with Gasteiger partial charge in [-0.1, -0.05) is 140 Å². The molecule has 0 unspecified atom stereocenters. The summed E-state index contributed by atoms with van der Waals surface area (Å²) in [7, 11) is 0. The molecule has 51 heavy (non-hydrogen) atoms. The van der Waals surface area contributed by atoms with Crippen molar-refractivity contribution in [3.05, 3.63) is 164 Å². The Morgan fingerprint density at radius 1 is 0.314 bits per heavy atom. The lowest BCUT2D eigenvalue weighted by molar-refractivity contribution is 0.669. The maximum atomic E-state index is 6.44. The van der Waals surface area contributed by atoms with Crippen molar-refractivity contribution in [2.45, 2.75) is 0 Å². The molecule has 0 N–H and O–H groups in total. The Bertz CT molecular complexity index is 3070. The molecule has 0 spiro atoms. The molecule has 236 valence electrons. The van der Waals surface area contributed by atoms with E-state index in [9.17, 15) is 0 Å². The zero-order valence-electron chi connectivity index (χ0n) is 27.3. The molecular formula is C47H27N3O. The first-order valence-electron chi connectivity index (χ1n) is 17.2. The molecule has 4 nitrogen and oxygen atoms in total. The molecule has 0 aliphatic rings. The summed E-state index contributed by atoms with van der Waals surface area (Å²) < 4.78 is 6.44. The molecule has 2 aromatic heterocycles. The minimum Gasteiger partial charge on any atom is -0.456 e. The number of hydrogen-bond donors (Lipinski definition) is 0. The molecule has 0 saturated carbocycles. The standard InChI is InChI=1S/C47H27N3O/c1-3-13-28(14-4-1)45-48-46(29-15-5-2-6-16-29)50-47(49-45)35-26-25-34(32-19-9-10-20-33(32)35)38-27-30-17-7-8-18-31(30)41-36-21-11-23-39-43(36)44-37(42(38)41)22-12-24-40(44)51-39/h1-27H. The summed E-state index contributed by atoms with van der Waals surface area (Å²) in [4.78, 5) is 15.1. The number of benzene rings is 9. The predicted octanol–water partition coefficient (Wildman–Crippen LogP) is 12.5. The summed E-state index contributed by atoms with van der Waals surface area (Å²) in [6.07, 6.45) is 0. The van der Waals surface area contributed by atoms with E-state index in [2.05, 4.69) is 103 Å². The number of nitrogens with zero attached hydrogens (tertiary/aromatic N) is 3. The van der Waals surface area contributed by atoms with E-state index in [-0.39, 0.29) is 0 Å². The zero-order chi connectivity index (χ0) is 33.5. The van der Waals surface area contributed by atoms with Gasteiger partial charge in [-0.25, -0.2) is 15.0 Å². The van der Waals surface area contributed by atoms with Gasteiger partial charge in [0.1, 0.15) is 11.2 Å². The number of fused-ring (bicyclic) bond motifs is 6. The van der Waals surface area contributed by atoms with Crippen LogP contribution in [0.3, 0.4) is 0 Å². The Kier molecular flexibility index (Phi) is 5.92. The molecule has 0 radical (unpaired) electrons. The van der Waals surface area contributed by atoms with Crippen molar-refractivity contribution in [3.8, 4) is 45.3 Å². The van der Waals surface area contributed by atoms with Crippen LogP contribution >= 0.6 is 0 Å². The summed E-state index contributed by atoms with van der Waals surface area (Å²) in [6, 6.07) is 57.3. The topological polar surface area (TPSA) is 51.8 Å². The molecule has 4 heteroatoms. The minimum absolute atomic E-state index is 0.644. The fourth-order valence-electron chi connectivity index (χ4n) is 8.06. The molecule has 0 atom stereocenters. The van der Waals surface area contributed by atoms with Crippen molar-refractivity contribution in [3.63, 3.8) is 0 Å². The van der Waals surface area contributed by atoms with Crippen LogP contribution in [0.15, 0.2) is 168 Å². The minimum atomic E-state index is 0.644. The van der Waals surface area contributed by atoms with Gasteiger partial charge in [0, 0.05) is 27.5 Å². The van der Waals surface area contributed by atoms with Gasteiger partial charge >= 0.3 is 0 Å². The van der Waals surface area contributed by atoms with Gasteiger partial charge in [-0.05, 0) is 78.5 Å². The smallest absolute Gasteiger partial charge is 0.164 e. The predicted molar refractivity (Wildman–Crippen MR) is 210 cm³/mol. The third-order valence-corrected chi connectivity index (χ3v) is 10.3. The van der Waals surface area contributed by atoms with Gasteiger partial charge in [-0.15, -0.1) is 0 Å². The van der Waals surface area contributed by atoms with Crippen molar-refractivity contribution < 1.29 is 4.42 Å². The molecule has 0 aliphatic heterocycles. The van der Waals surface area contributed by atoms with E-state index < -0.39 is 0 Å². The van der Waals surface area contributed by atoms with Crippen LogP contribution in [0.1, 0.15) is 0 Å². The second kappa shape index (κ2) is 10.8. The van der Waals surface area contributed by atoms with Crippen molar-refractivity contribution in [2.75, 3.05) is 0 Å². The first-order chi connectivity index (χ1) is 25.3. The van der Waals surface area contributed by atoms with Crippen LogP contribution in [0.5, 0.6) is 0 Å². The fraction of sp³-hybridized carbons (Fsp3) is 0. The van der Waals surface area contributed by atoms with E-state index in [1.54, 1.807) is 0 Å². The van der Waals surface area contributed by atoms with Crippen LogP contribution in [0.25, 0.3) is 110 Å². The number of furan rings is 1. The van der Waals surface area contributed by atoms with Gasteiger partial charge < -0.3 is 4.42 Å². The van der Waals surface area contributed by atoms with Gasteiger partial charge in [-0.2, -0.15) is 0 Å². The Morgan fingerprint density at radius 2 is 0.804 bits per heavy atom. The molecule has 9 aromatic carbocycles. The molecule has 0 amide bonds. The number of aromatic nitrogens is 3. The summed E-state index contributed by atoms with van der Waals surface area (Å²) in [5.41, 5.74) is 7.05. The van der Waals surface area contributed by atoms with Crippen molar-refractivity contribution in [2.24, 2.45) is 0 Å². The zero-order valence-corrected chi connectivity index (χ0v) is 27.3. The van der Waals surface area contributed by atoms with Gasteiger partial charge in [-0.3, -0.25) is 0 Å². The highest BCUT2D eigenvalue weighted by molar-refractivity contribution is 6.39. The Hall–Kier alpha value is -6.91. The molecule has 11 aromatic rings. The van der Waals surface area contributed by atoms with Crippen LogP contribution < -0.4 is 0 Å². The van der Waals surface area contributed by atoms with E-state index in [1.165, 1.54) is 48.7 Å². The molecular weight excluding hydrogens is 623 g/mol. The van der Waals surface area contributed by atoms with Gasteiger partial charge in [0.25, 0.3) is 0 Å². The van der Waals surface area contributed by atoms with Crippen LogP contribution in [0, 0.1) is 0 Å². The van der Waals surface area contributed by atoms with E-state index in [1.807, 2.05) is 60.7 Å². The van der Waals surface area contributed by atoms with E-state index in [0.717, 1.165) is 44.2 Å². The normalized spacial score (nSPS) is 11.9. The number of rotatable bonds is 4. The molecule has 0 saturated heterocycles. The van der Waals surface area contributed by atoms with Gasteiger partial charge in [0.05, 0.1) is 0 Å². The van der Waals surface area contributed by atoms with E-state index in [0.29, 0.717) is 17.5 Å². The first kappa shape index (κ1) is 28.0. The Morgan fingerprint density at radius 3 is 1.45 bits per heavy atom. The lowest BCUT2D eigenvalue weighted by Crippen LogP contribution is -2.00. The molecule has 11 rings (SSSR count). The SMILES string of the molecule is c1ccc(-c2nc(-c3ccccc3)nc(-c3ccc(-c4cc5ccccc5c5c6cccc7oc8cccc(c45)c8c76)c4ccccc34)n2)cc1. The third-order valence-electron chi connectivity index (χ3n) is 10.3. The second-order valence-electron chi connectivity index (χ2n) is 13.1. The Balaban J connectivity index is 1.23. The van der Waals surface area contributed by atoms with Crippen molar-refractivity contribution in [1.82, 2.24) is 15.0 Å². The monoisotopic (exact) mass is 649 g/mol. The van der Waals surface area contributed by atoms with Gasteiger partial charge in [0.2, 0.25) is 0 Å². The van der Waals surface area contributed by atoms with Crippen LogP contribution in [-0.2, 0) is 0 Å². The third kappa shape index (κ3) is 4.17. The van der Waals surface area contributed by atoms with Gasteiger partial charge in [0.15, 0.2) is 17.5 Å². The second-order valence-corrected chi connectivity index (χ2v) is 13.1. The molecule has 2 heterocycles. The Labute approximate surface area is 292 Å². The lowest BCUT2D eigenvalue weighted by atomic mass is 9.85. The highest BCUT2D eigenvalue weighted by atomic mass is 16.3. The average Bonchev–Trinajstić information content (AvgIpc) is 3.60. The maximum Gasteiger partial charge on any atom is 0.164 e. The maximum absolute atomic E-state index is 6.44. The largest absolute Gasteiger partial charge is 0.456 e. The summed E-state index contributed by atoms with van der Waals surface area (Å²) in [5.74, 6) is 1.94. The lowest BCUT2D eigenvalue weighted by Gasteiger charge is -2.18. The first-order valence-corrected chi connectivity index (χ1v) is 17.2. The summed E-state index contributed by atoms with van der Waals surface area (Å²) >= 11 is 0. The average molecular weight is 650 g/mol. The molecule has 0 fully saturated rings. The van der Waals surface area contributed by atoms with Crippen LogP contribution in [0.2, 0.25) is 0 Å². The fourth-order valence-corrected chi connectivity index (χ4v) is 8.06. The van der Waals surface area contributed by atoms with Crippen LogP contribution in [-0.4, -0.2) is 15.0 Å². The quantitative estimate of drug-likeness (QED) is 0.178. The van der Waals surface area contributed by atoms with E-state index >= 15 is 0 Å².